The van der Waals surface area contributed by atoms with Crippen molar-refractivity contribution >= 4 is 0 Å². The molecule has 0 amide bonds. The van der Waals surface area contributed by atoms with Gasteiger partial charge < -0.3 is 10.1 Å². The van der Waals surface area contributed by atoms with E-state index in [-0.39, 0.29) is 6.04 Å². The monoisotopic (exact) mass is 218 g/mol. The van der Waals surface area contributed by atoms with Crippen molar-refractivity contribution in [2.45, 2.75) is 25.8 Å². The smallest absolute Gasteiger partial charge is 0.118 e. The van der Waals surface area contributed by atoms with Gasteiger partial charge in [-0.25, -0.2) is 0 Å². The van der Waals surface area contributed by atoms with Gasteiger partial charge in [0.1, 0.15) is 5.75 Å². The number of ether oxygens (including phenoxy) is 1. The summed E-state index contributed by atoms with van der Waals surface area (Å²) >= 11 is 0. The summed E-state index contributed by atoms with van der Waals surface area (Å²) in [5.41, 5.74) is 1.25. The summed E-state index contributed by atoms with van der Waals surface area (Å²) in [6.45, 7) is 2.84. The fourth-order valence-corrected chi connectivity index (χ4v) is 1.46. The molecule has 0 radical (unpaired) electrons. The standard InChI is InChI=1S/C13H18N2O/c1-3-12(10-14)15-9-8-11-4-6-13(16-2)7-5-11/h4-7,12,15H,3,8-9H2,1-2H3. The molecule has 0 fully saturated rings. The Labute approximate surface area is 97.0 Å². The van der Waals surface area contributed by atoms with E-state index >= 15 is 0 Å². The lowest BCUT2D eigenvalue weighted by Gasteiger charge is -2.08. The molecule has 16 heavy (non-hydrogen) atoms. The molecular weight excluding hydrogens is 200 g/mol. The Balaban J connectivity index is 2.34. The predicted octanol–water partition coefficient (Wildman–Crippen LogP) is 2.13. The molecule has 1 rings (SSSR count). The van der Waals surface area contributed by atoms with Crippen molar-refractivity contribution in [2.75, 3.05) is 13.7 Å². The van der Waals surface area contributed by atoms with E-state index in [0.717, 1.165) is 25.1 Å². The Bertz CT molecular complexity index is 340. The highest BCUT2D eigenvalue weighted by Gasteiger charge is 2.02. The first kappa shape index (κ1) is 12.5. The minimum absolute atomic E-state index is 0.0294. The lowest BCUT2D eigenvalue weighted by molar-refractivity contribution is 0.414. The zero-order valence-corrected chi connectivity index (χ0v) is 9.86. The first-order valence-electron chi connectivity index (χ1n) is 5.56. The van der Waals surface area contributed by atoms with Gasteiger partial charge in [0.05, 0.1) is 19.2 Å². The molecule has 1 unspecified atom stereocenters. The average molecular weight is 218 g/mol. The SMILES string of the molecule is CCC(C#N)NCCc1ccc(OC)cc1. The first-order valence-corrected chi connectivity index (χ1v) is 5.56. The summed E-state index contributed by atoms with van der Waals surface area (Å²) in [6.07, 6.45) is 1.78. The molecule has 3 nitrogen and oxygen atoms in total. The topological polar surface area (TPSA) is 45.0 Å². The highest BCUT2D eigenvalue weighted by molar-refractivity contribution is 5.27. The van der Waals surface area contributed by atoms with Crippen molar-refractivity contribution < 1.29 is 4.74 Å². The van der Waals surface area contributed by atoms with E-state index in [0.29, 0.717) is 0 Å². The Hall–Kier alpha value is -1.53. The van der Waals surface area contributed by atoms with Crippen LogP contribution in [0.1, 0.15) is 18.9 Å². The summed E-state index contributed by atoms with van der Waals surface area (Å²) in [4.78, 5) is 0. The van der Waals surface area contributed by atoms with Crippen molar-refractivity contribution in [2.24, 2.45) is 0 Å². The Morgan fingerprint density at radius 1 is 1.38 bits per heavy atom. The Kier molecular flexibility index (Phi) is 5.38. The van der Waals surface area contributed by atoms with E-state index in [1.54, 1.807) is 7.11 Å². The van der Waals surface area contributed by atoms with E-state index < -0.39 is 0 Å². The van der Waals surface area contributed by atoms with Crippen LogP contribution in [0.3, 0.4) is 0 Å². The van der Waals surface area contributed by atoms with Gasteiger partial charge in [-0.3, -0.25) is 0 Å². The average Bonchev–Trinajstić information content (AvgIpc) is 2.35. The number of nitriles is 1. The van der Waals surface area contributed by atoms with E-state index in [2.05, 4.69) is 11.4 Å². The maximum Gasteiger partial charge on any atom is 0.118 e. The molecule has 0 aliphatic heterocycles. The first-order chi connectivity index (χ1) is 7.80. The molecule has 1 N–H and O–H groups in total. The van der Waals surface area contributed by atoms with E-state index in [1.165, 1.54) is 5.56 Å². The molecule has 0 saturated carbocycles. The molecule has 0 saturated heterocycles. The summed E-state index contributed by atoms with van der Waals surface area (Å²) in [5, 5.41) is 12.0. The van der Waals surface area contributed by atoms with Gasteiger partial charge in [-0.2, -0.15) is 5.26 Å². The van der Waals surface area contributed by atoms with Crippen LogP contribution in [-0.2, 0) is 6.42 Å². The molecule has 0 heterocycles. The van der Waals surface area contributed by atoms with Gasteiger partial charge in [-0.1, -0.05) is 19.1 Å². The van der Waals surface area contributed by atoms with Gasteiger partial charge >= 0.3 is 0 Å². The fraction of sp³-hybridized carbons (Fsp3) is 0.462. The lowest BCUT2D eigenvalue weighted by atomic mass is 10.1. The summed E-state index contributed by atoms with van der Waals surface area (Å²) in [7, 11) is 1.66. The van der Waals surface area contributed by atoms with Gasteiger partial charge in [0.25, 0.3) is 0 Å². The van der Waals surface area contributed by atoms with Gasteiger partial charge in [-0.05, 0) is 30.5 Å². The Morgan fingerprint density at radius 3 is 2.56 bits per heavy atom. The van der Waals surface area contributed by atoms with Gasteiger partial charge in [0.15, 0.2) is 0 Å². The molecule has 0 aromatic heterocycles. The minimum Gasteiger partial charge on any atom is -0.497 e. The normalized spacial score (nSPS) is 11.8. The summed E-state index contributed by atoms with van der Waals surface area (Å²) in [6, 6.07) is 10.2. The van der Waals surface area contributed by atoms with E-state index in [1.807, 2.05) is 31.2 Å². The molecule has 1 atom stereocenters. The van der Waals surface area contributed by atoms with Crippen LogP contribution in [0.15, 0.2) is 24.3 Å². The quantitative estimate of drug-likeness (QED) is 0.795. The molecule has 0 aliphatic rings. The van der Waals surface area contributed by atoms with Crippen LogP contribution in [0.2, 0.25) is 0 Å². The third kappa shape index (κ3) is 3.92. The van der Waals surface area contributed by atoms with E-state index in [9.17, 15) is 0 Å². The third-order valence-corrected chi connectivity index (χ3v) is 2.53. The molecule has 0 aliphatic carbocycles. The highest BCUT2D eigenvalue weighted by Crippen LogP contribution is 2.11. The number of nitrogens with one attached hydrogen (secondary N) is 1. The predicted molar refractivity (Wildman–Crippen MR) is 64.4 cm³/mol. The number of hydrogen-bond acceptors (Lipinski definition) is 3. The maximum absolute atomic E-state index is 8.76. The Morgan fingerprint density at radius 2 is 2.06 bits per heavy atom. The number of benzene rings is 1. The molecule has 1 aromatic carbocycles. The van der Waals surface area contributed by atoms with Crippen LogP contribution in [0.4, 0.5) is 0 Å². The van der Waals surface area contributed by atoms with Crippen LogP contribution in [-0.4, -0.2) is 19.7 Å². The third-order valence-electron chi connectivity index (χ3n) is 2.53. The number of methoxy groups -OCH3 is 1. The molecule has 3 heteroatoms. The number of nitrogens with zero attached hydrogens (tertiary/aromatic N) is 1. The molecule has 1 aromatic rings. The van der Waals surface area contributed by atoms with Gasteiger partial charge in [-0.15, -0.1) is 0 Å². The summed E-state index contributed by atoms with van der Waals surface area (Å²) in [5.74, 6) is 0.875. The maximum atomic E-state index is 8.76. The van der Waals surface area contributed by atoms with Crippen LogP contribution >= 0.6 is 0 Å². The van der Waals surface area contributed by atoms with E-state index in [4.69, 9.17) is 10.00 Å². The molecule has 0 bridgehead atoms. The fourth-order valence-electron chi connectivity index (χ4n) is 1.46. The zero-order chi connectivity index (χ0) is 11.8. The zero-order valence-electron chi connectivity index (χ0n) is 9.86. The van der Waals surface area contributed by atoms with Crippen LogP contribution in [0.5, 0.6) is 5.75 Å². The van der Waals surface area contributed by atoms with Gasteiger partial charge in [0, 0.05) is 6.54 Å². The van der Waals surface area contributed by atoms with Crippen molar-refractivity contribution in [1.29, 1.82) is 5.26 Å². The number of hydrogen-bond donors (Lipinski definition) is 1. The second kappa shape index (κ2) is 6.86. The second-order valence-corrected chi connectivity index (χ2v) is 3.64. The van der Waals surface area contributed by atoms with Crippen molar-refractivity contribution in [3.05, 3.63) is 29.8 Å². The van der Waals surface area contributed by atoms with Crippen LogP contribution in [0, 0.1) is 11.3 Å². The lowest BCUT2D eigenvalue weighted by Crippen LogP contribution is -2.28. The minimum atomic E-state index is -0.0294. The second-order valence-electron chi connectivity index (χ2n) is 3.64. The molecule has 0 spiro atoms. The number of rotatable bonds is 6. The largest absolute Gasteiger partial charge is 0.497 e. The highest BCUT2D eigenvalue weighted by atomic mass is 16.5. The molecular formula is C13H18N2O. The van der Waals surface area contributed by atoms with Crippen molar-refractivity contribution in [1.82, 2.24) is 5.32 Å². The van der Waals surface area contributed by atoms with Crippen LogP contribution in [0.25, 0.3) is 0 Å². The van der Waals surface area contributed by atoms with Gasteiger partial charge in [0.2, 0.25) is 0 Å². The molecule has 86 valence electrons. The van der Waals surface area contributed by atoms with Crippen LogP contribution < -0.4 is 10.1 Å². The van der Waals surface area contributed by atoms with Crippen molar-refractivity contribution in [3.8, 4) is 11.8 Å². The summed E-state index contributed by atoms with van der Waals surface area (Å²) < 4.78 is 5.09. The van der Waals surface area contributed by atoms with Crippen molar-refractivity contribution in [3.63, 3.8) is 0 Å².